The lowest BCUT2D eigenvalue weighted by Crippen LogP contribution is -2.29. The molecule has 0 radical (unpaired) electrons. The van der Waals surface area contributed by atoms with E-state index in [-0.39, 0.29) is 12.1 Å². The number of rotatable bonds is 5. The van der Waals surface area contributed by atoms with Crippen LogP contribution in [0.25, 0.3) is 5.82 Å². The third kappa shape index (κ3) is 4.02. The lowest BCUT2D eigenvalue weighted by atomic mass is 9.96. The van der Waals surface area contributed by atoms with Crippen LogP contribution in [0.2, 0.25) is 0 Å². The Hall–Kier alpha value is -3.51. The van der Waals surface area contributed by atoms with Crippen molar-refractivity contribution in [2.45, 2.75) is 39.4 Å². The van der Waals surface area contributed by atoms with Crippen molar-refractivity contribution in [3.63, 3.8) is 0 Å². The summed E-state index contributed by atoms with van der Waals surface area (Å²) in [6.45, 7) is 7.09. The molecule has 33 heavy (non-hydrogen) atoms. The minimum atomic E-state index is -0.0395. The van der Waals surface area contributed by atoms with Crippen LogP contribution in [-0.4, -0.2) is 24.5 Å². The Morgan fingerprint density at radius 3 is 2.42 bits per heavy atom. The van der Waals surface area contributed by atoms with Gasteiger partial charge in [0.1, 0.15) is 5.82 Å². The number of aryl methyl sites for hydroxylation is 2. The van der Waals surface area contributed by atoms with E-state index in [0.29, 0.717) is 0 Å². The minimum Gasteiger partial charge on any atom is -0.352 e. The van der Waals surface area contributed by atoms with Crippen molar-refractivity contribution in [3.05, 3.63) is 113 Å². The highest BCUT2D eigenvalue weighted by Crippen LogP contribution is 2.42. The van der Waals surface area contributed by atoms with Gasteiger partial charge in [-0.05, 0) is 73.9 Å². The molecule has 2 atom stereocenters. The molecule has 1 N–H and O–H groups in total. The summed E-state index contributed by atoms with van der Waals surface area (Å²) in [6.07, 6.45) is 3.76. The Labute approximate surface area is 200 Å². The molecule has 0 amide bonds. The van der Waals surface area contributed by atoms with Gasteiger partial charge in [-0.3, -0.25) is 4.98 Å². The van der Waals surface area contributed by atoms with E-state index in [4.69, 9.17) is 12.2 Å². The zero-order chi connectivity index (χ0) is 22.9. The Morgan fingerprint density at radius 2 is 1.73 bits per heavy atom. The standard InChI is InChI=1S/C27H27N5S/c1-18-12-13-24(29-16-18)32-19(2)15-22(20(32)3)26-25(23-11-7-8-14-28-23)30-27(33)31(26)17-21-9-5-4-6-10-21/h4-16,25-26H,17H2,1-3H3,(H,30,33)/t25-,26-/m0/s1. The second-order valence-electron chi connectivity index (χ2n) is 8.60. The maximum absolute atomic E-state index is 5.85. The van der Waals surface area contributed by atoms with Crippen LogP contribution < -0.4 is 5.32 Å². The molecule has 1 aliphatic rings. The van der Waals surface area contributed by atoms with Gasteiger partial charge in [0.05, 0.1) is 17.8 Å². The first kappa shape index (κ1) is 21.3. The van der Waals surface area contributed by atoms with Gasteiger partial charge in [0, 0.05) is 30.3 Å². The second-order valence-corrected chi connectivity index (χ2v) is 8.98. The highest BCUT2D eigenvalue weighted by atomic mass is 32.1. The number of thiocarbonyl (C=S) groups is 1. The molecule has 3 aromatic heterocycles. The molecule has 166 valence electrons. The first-order valence-electron chi connectivity index (χ1n) is 11.2. The quantitative estimate of drug-likeness (QED) is 0.412. The van der Waals surface area contributed by atoms with Crippen LogP contribution in [0, 0.1) is 20.8 Å². The zero-order valence-electron chi connectivity index (χ0n) is 19.1. The Balaban J connectivity index is 1.61. The lowest BCUT2D eigenvalue weighted by molar-refractivity contribution is 0.310. The number of hydrogen-bond acceptors (Lipinski definition) is 3. The van der Waals surface area contributed by atoms with Crippen molar-refractivity contribution >= 4 is 17.3 Å². The van der Waals surface area contributed by atoms with E-state index < -0.39 is 0 Å². The molecule has 1 aliphatic heterocycles. The molecule has 4 heterocycles. The molecule has 5 rings (SSSR count). The van der Waals surface area contributed by atoms with Gasteiger partial charge in [0.2, 0.25) is 0 Å². The number of nitrogens with one attached hydrogen (secondary N) is 1. The summed E-state index contributed by atoms with van der Waals surface area (Å²) in [5.41, 5.74) is 6.90. The molecule has 0 saturated carbocycles. The van der Waals surface area contributed by atoms with Crippen LogP contribution >= 0.6 is 12.2 Å². The number of hydrogen-bond donors (Lipinski definition) is 1. The van der Waals surface area contributed by atoms with E-state index in [0.717, 1.165) is 34.4 Å². The van der Waals surface area contributed by atoms with Gasteiger partial charge < -0.3 is 14.8 Å². The van der Waals surface area contributed by atoms with Gasteiger partial charge >= 0.3 is 0 Å². The number of pyridine rings is 2. The summed E-state index contributed by atoms with van der Waals surface area (Å²) in [5, 5.41) is 4.31. The number of aromatic nitrogens is 3. The molecule has 1 saturated heterocycles. The van der Waals surface area contributed by atoms with Gasteiger partial charge in [-0.1, -0.05) is 42.5 Å². The summed E-state index contributed by atoms with van der Waals surface area (Å²) < 4.78 is 2.23. The first-order valence-corrected chi connectivity index (χ1v) is 11.6. The van der Waals surface area contributed by atoms with Crippen molar-refractivity contribution in [1.29, 1.82) is 0 Å². The van der Waals surface area contributed by atoms with Crippen molar-refractivity contribution in [2.75, 3.05) is 0 Å². The molecule has 1 fully saturated rings. The predicted molar refractivity (Wildman–Crippen MR) is 135 cm³/mol. The fraction of sp³-hybridized carbons (Fsp3) is 0.222. The average molecular weight is 454 g/mol. The highest BCUT2D eigenvalue weighted by molar-refractivity contribution is 7.80. The minimum absolute atomic E-state index is 0.0120. The number of nitrogens with zero attached hydrogens (tertiary/aromatic N) is 4. The third-order valence-electron chi connectivity index (χ3n) is 6.31. The van der Waals surface area contributed by atoms with E-state index in [2.05, 4.69) is 94.1 Å². The van der Waals surface area contributed by atoms with Crippen LogP contribution in [0.5, 0.6) is 0 Å². The summed E-state index contributed by atoms with van der Waals surface area (Å²) in [5.74, 6) is 0.930. The lowest BCUT2D eigenvalue weighted by Gasteiger charge is -2.28. The van der Waals surface area contributed by atoms with Gasteiger partial charge in [-0.25, -0.2) is 4.98 Å². The topological polar surface area (TPSA) is 46.0 Å². The highest BCUT2D eigenvalue weighted by Gasteiger charge is 2.41. The fourth-order valence-corrected chi connectivity index (χ4v) is 5.03. The van der Waals surface area contributed by atoms with Gasteiger partial charge in [0.25, 0.3) is 0 Å². The molecule has 0 bridgehead atoms. The monoisotopic (exact) mass is 453 g/mol. The van der Waals surface area contributed by atoms with E-state index in [1.807, 2.05) is 30.6 Å². The van der Waals surface area contributed by atoms with E-state index in [9.17, 15) is 0 Å². The second kappa shape index (κ2) is 8.79. The van der Waals surface area contributed by atoms with Crippen LogP contribution in [0.3, 0.4) is 0 Å². The van der Waals surface area contributed by atoms with Crippen LogP contribution in [-0.2, 0) is 6.54 Å². The smallest absolute Gasteiger partial charge is 0.170 e. The van der Waals surface area contributed by atoms with Crippen LogP contribution in [0.15, 0.2) is 79.1 Å². The Bertz CT molecular complexity index is 1270. The molecule has 1 aromatic carbocycles. The summed E-state index contributed by atoms with van der Waals surface area (Å²) >= 11 is 5.85. The molecular formula is C27H27N5S. The van der Waals surface area contributed by atoms with Gasteiger partial charge in [-0.2, -0.15) is 0 Å². The summed E-state index contributed by atoms with van der Waals surface area (Å²) in [7, 11) is 0. The Morgan fingerprint density at radius 1 is 0.939 bits per heavy atom. The summed E-state index contributed by atoms with van der Waals surface area (Å²) in [4.78, 5) is 11.6. The molecule has 0 spiro atoms. The van der Waals surface area contributed by atoms with E-state index in [1.54, 1.807) is 0 Å². The average Bonchev–Trinajstić information content (AvgIpc) is 3.31. The zero-order valence-corrected chi connectivity index (χ0v) is 19.9. The van der Waals surface area contributed by atoms with Gasteiger partial charge in [0.15, 0.2) is 5.11 Å². The molecule has 4 aromatic rings. The van der Waals surface area contributed by atoms with E-state index in [1.165, 1.54) is 16.8 Å². The normalized spacial score (nSPS) is 17.9. The third-order valence-corrected chi connectivity index (χ3v) is 6.66. The maximum Gasteiger partial charge on any atom is 0.170 e. The molecule has 5 nitrogen and oxygen atoms in total. The van der Waals surface area contributed by atoms with E-state index >= 15 is 0 Å². The van der Waals surface area contributed by atoms with Crippen molar-refractivity contribution in [1.82, 2.24) is 24.8 Å². The van der Waals surface area contributed by atoms with Gasteiger partial charge in [-0.15, -0.1) is 0 Å². The molecule has 0 unspecified atom stereocenters. The molecular weight excluding hydrogens is 426 g/mol. The predicted octanol–water partition coefficient (Wildman–Crippen LogP) is 5.37. The fourth-order valence-electron chi connectivity index (χ4n) is 4.73. The van der Waals surface area contributed by atoms with Crippen molar-refractivity contribution < 1.29 is 0 Å². The molecule has 0 aliphatic carbocycles. The largest absolute Gasteiger partial charge is 0.352 e. The molecule has 6 heteroatoms. The Kier molecular flexibility index (Phi) is 5.68. The number of benzene rings is 1. The van der Waals surface area contributed by atoms with Crippen molar-refractivity contribution in [2.24, 2.45) is 0 Å². The maximum atomic E-state index is 5.85. The van der Waals surface area contributed by atoms with Crippen LogP contribution in [0.1, 0.15) is 45.9 Å². The first-order chi connectivity index (χ1) is 16.0. The SMILES string of the molecule is Cc1ccc(-n2c(C)cc([C@H]3[C@H](c4ccccn4)NC(=S)N3Cc3ccccc3)c2C)nc1. The van der Waals surface area contributed by atoms with Crippen molar-refractivity contribution in [3.8, 4) is 5.82 Å². The summed E-state index contributed by atoms with van der Waals surface area (Å²) in [6, 6.07) is 22.9. The van der Waals surface area contributed by atoms with Crippen LogP contribution in [0.4, 0.5) is 0 Å².